The van der Waals surface area contributed by atoms with Gasteiger partial charge in [0.1, 0.15) is 5.76 Å². The molecule has 0 aromatic carbocycles. The number of aryl methyl sites for hydroxylation is 2. The lowest BCUT2D eigenvalue weighted by Crippen LogP contribution is -2.39. The molecule has 1 amide bonds. The topological polar surface area (TPSA) is 49.6 Å². The van der Waals surface area contributed by atoms with Gasteiger partial charge in [-0.2, -0.15) is 11.8 Å². The van der Waals surface area contributed by atoms with E-state index in [-0.39, 0.29) is 5.91 Å². The molecule has 3 rings (SSSR count). The van der Waals surface area contributed by atoms with Crippen LogP contribution in [0.2, 0.25) is 0 Å². The average molecular weight is 337 g/mol. The Kier molecular flexibility index (Phi) is 5.64. The third kappa shape index (κ3) is 4.10. The van der Waals surface area contributed by atoms with Crippen molar-refractivity contribution in [2.75, 3.05) is 37.7 Å². The van der Waals surface area contributed by atoms with E-state index in [0.717, 1.165) is 62.1 Å². The van der Waals surface area contributed by atoms with E-state index < -0.39 is 0 Å². The van der Waals surface area contributed by atoms with E-state index in [4.69, 9.17) is 4.52 Å². The van der Waals surface area contributed by atoms with Gasteiger partial charge in [-0.1, -0.05) is 5.16 Å². The molecule has 1 aromatic rings. The summed E-state index contributed by atoms with van der Waals surface area (Å²) in [4.78, 5) is 17.2. The van der Waals surface area contributed by atoms with Crippen molar-refractivity contribution in [2.45, 2.75) is 45.6 Å². The molecule has 128 valence electrons. The third-order valence-electron chi connectivity index (χ3n) is 5.08. The minimum absolute atomic E-state index is 0.271. The molecule has 2 saturated heterocycles. The van der Waals surface area contributed by atoms with Gasteiger partial charge in [0.15, 0.2) is 0 Å². The molecule has 0 spiro atoms. The van der Waals surface area contributed by atoms with Crippen LogP contribution >= 0.6 is 11.8 Å². The molecule has 0 radical (unpaired) electrons. The molecule has 1 unspecified atom stereocenters. The van der Waals surface area contributed by atoms with Gasteiger partial charge in [0, 0.05) is 50.0 Å². The fraction of sp³-hybridized carbons (Fsp3) is 0.765. The van der Waals surface area contributed by atoms with E-state index in [2.05, 4.69) is 26.7 Å². The number of carbonyl (C=O) groups is 1. The molecular formula is C17H27N3O2S. The van der Waals surface area contributed by atoms with Crippen molar-refractivity contribution in [3.63, 3.8) is 0 Å². The summed E-state index contributed by atoms with van der Waals surface area (Å²) in [7, 11) is 0. The molecule has 2 aliphatic rings. The lowest BCUT2D eigenvalue weighted by atomic mass is 10.1. The standard InChI is InChI=1S/C17H27N3O2S/c1-13-16(14(2)22-18-13)4-5-17(21)20-8-3-7-19(9-10-20)15-6-11-23-12-15/h15H,3-12H2,1-2H3. The van der Waals surface area contributed by atoms with Crippen LogP contribution in [0.5, 0.6) is 0 Å². The molecular weight excluding hydrogens is 310 g/mol. The molecule has 3 heterocycles. The fourth-order valence-electron chi connectivity index (χ4n) is 3.61. The summed E-state index contributed by atoms with van der Waals surface area (Å²) in [5, 5.41) is 3.97. The Hall–Kier alpha value is -1.01. The molecule has 0 bridgehead atoms. The van der Waals surface area contributed by atoms with Gasteiger partial charge in [0.05, 0.1) is 5.69 Å². The lowest BCUT2D eigenvalue weighted by Gasteiger charge is -2.26. The number of nitrogens with zero attached hydrogens (tertiary/aromatic N) is 3. The Morgan fingerprint density at radius 1 is 1.30 bits per heavy atom. The summed E-state index contributed by atoms with van der Waals surface area (Å²) in [6.45, 7) is 7.81. The van der Waals surface area contributed by atoms with Crippen LogP contribution in [0, 0.1) is 13.8 Å². The minimum atomic E-state index is 0.271. The molecule has 0 N–H and O–H groups in total. The summed E-state index contributed by atoms with van der Waals surface area (Å²) >= 11 is 2.06. The van der Waals surface area contributed by atoms with Gasteiger partial charge in [-0.25, -0.2) is 0 Å². The zero-order chi connectivity index (χ0) is 16.2. The lowest BCUT2D eigenvalue weighted by molar-refractivity contribution is -0.131. The molecule has 6 heteroatoms. The van der Waals surface area contributed by atoms with E-state index >= 15 is 0 Å². The Balaban J connectivity index is 1.50. The summed E-state index contributed by atoms with van der Waals surface area (Å²) in [5.41, 5.74) is 2.01. The highest BCUT2D eigenvalue weighted by Crippen LogP contribution is 2.23. The van der Waals surface area contributed by atoms with Crippen LogP contribution in [0.15, 0.2) is 4.52 Å². The Morgan fingerprint density at radius 3 is 2.87 bits per heavy atom. The van der Waals surface area contributed by atoms with Gasteiger partial charge < -0.3 is 9.42 Å². The predicted octanol–water partition coefficient (Wildman–Crippen LogP) is 2.26. The first-order valence-corrected chi connectivity index (χ1v) is 9.82. The third-order valence-corrected chi connectivity index (χ3v) is 6.22. The normalized spacial score (nSPS) is 23.2. The summed E-state index contributed by atoms with van der Waals surface area (Å²) in [5.74, 6) is 3.67. The molecule has 1 aromatic heterocycles. The van der Waals surface area contributed by atoms with Crippen molar-refractivity contribution in [1.29, 1.82) is 0 Å². The molecule has 1 atom stereocenters. The number of hydrogen-bond acceptors (Lipinski definition) is 5. The van der Waals surface area contributed by atoms with Crippen molar-refractivity contribution in [2.24, 2.45) is 0 Å². The summed E-state index contributed by atoms with van der Waals surface area (Å²) in [6, 6.07) is 0.734. The predicted molar refractivity (Wildman–Crippen MR) is 92.8 cm³/mol. The van der Waals surface area contributed by atoms with Gasteiger partial charge in [0.25, 0.3) is 0 Å². The molecule has 2 fully saturated rings. The summed E-state index contributed by atoms with van der Waals surface area (Å²) in [6.07, 6.45) is 3.70. The maximum atomic E-state index is 12.5. The van der Waals surface area contributed by atoms with Crippen LogP contribution < -0.4 is 0 Å². The van der Waals surface area contributed by atoms with Gasteiger partial charge in [-0.15, -0.1) is 0 Å². The smallest absolute Gasteiger partial charge is 0.222 e. The highest BCUT2D eigenvalue weighted by Gasteiger charge is 2.26. The number of carbonyl (C=O) groups excluding carboxylic acids is 1. The number of aromatic nitrogens is 1. The minimum Gasteiger partial charge on any atom is -0.361 e. The monoisotopic (exact) mass is 337 g/mol. The van der Waals surface area contributed by atoms with Gasteiger partial charge in [0.2, 0.25) is 5.91 Å². The van der Waals surface area contributed by atoms with Crippen LogP contribution in [0.4, 0.5) is 0 Å². The van der Waals surface area contributed by atoms with Crippen LogP contribution in [0.1, 0.15) is 36.3 Å². The van der Waals surface area contributed by atoms with Crippen LogP contribution in [-0.4, -0.2) is 64.6 Å². The van der Waals surface area contributed by atoms with Gasteiger partial charge >= 0.3 is 0 Å². The molecule has 23 heavy (non-hydrogen) atoms. The highest BCUT2D eigenvalue weighted by atomic mass is 32.2. The number of amides is 1. The van der Waals surface area contributed by atoms with E-state index in [0.29, 0.717) is 6.42 Å². The largest absolute Gasteiger partial charge is 0.361 e. The Labute approximate surface area is 142 Å². The van der Waals surface area contributed by atoms with Crippen molar-refractivity contribution in [1.82, 2.24) is 15.0 Å². The van der Waals surface area contributed by atoms with E-state index in [1.54, 1.807) is 0 Å². The second-order valence-corrected chi connectivity index (χ2v) is 7.74. The Morgan fingerprint density at radius 2 is 2.17 bits per heavy atom. The first kappa shape index (κ1) is 16.8. The highest BCUT2D eigenvalue weighted by molar-refractivity contribution is 7.99. The zero-order valence-electron chi connectivity index (χ0n) is 14.2. The van der Waals surface area contributed by atoms with Crippen molar-refractivity contribution >= 4 is 17.7 Å². The van der Waals surface area contributed by atoms with Crippen molar-refractivity contribution < 1.29 is 9.32 Å². The van der Waals surface area contributed by atoms with E-state index in [9.17, 15) is 4.79 Å². The quantitative estimate of drug-likeness (QED) is 0.843. The van der Waals surface area contributed by atoms with Crippen LogP contribution in [0.25, 0.3) is 0 Å². The van der Waals surface area contributed by atoms with Gasteiger partial charge in [-0.3, -0.25) is 9.69 Å². The molecule has 5 nitrogen and oxygen atoms in total. The van der Waals surface area contributed by atoms with Gasteiger partial charge in [-0.05, 0) is 38.9 Å². The molecule has 0 aliphatic carbocycles. The number of thioether (sulfide) groups is 1. The van der Waals surface area contributed by atoms with Crippen LogP contribution in [0.3, 0.4) is 0 Å². The second kappa shape index (κ2) is 7.71. The van der Waals surface area contributed by atoms with Crippen molar-refractivity contribution in [3.05, 3.63) is 17.0 Å². The zero-order valence-corrected chi connectivity index (χ0v) is 15.0. The first-order chi connectivity index (χ1) is 11.1. The molecule has 2 aliphatic heterocycles. The van der Waals surface area contributed by atoms with E-state index in [1.807, 2.05) is 13.8 Å². The average Bonchev–Trinajstić information content (AvgIpc) is 3.10. The summed E-state index contributed by atoms with van der Waals surface area (Å²) < 4.78 is 5.18. The SMILES string of the molecule is Cc1noc(C)c1CCC(=O)N1CCCN(C2CCSC2)CC1. The van der Waals surface area contributed by atoms with E-state index in [1.165, 1.54) is 17.9 Å². The Bertz CT molecular complexity index is 520. The number of hydrogen-bond donors (Lipinski definition) is 0. The van der Waals surface area contributed by atoms with Crippen LogP contribution in [-0.2, 0) is 11.2 Å². The van der Waals surface area contributed by atoms with Crippen molar-refractivity contribution in [3.8, 4) is 0 Å². The number of rotatable bonds is 4. The maximum absolute atomic E-state index is 12.5. The fourth-order valence-corrected chi connectivity index (χ4v) is 4.87. The molecule has 0 saturated carbocycles. The second-order valence-electron chi connectivity index (χ2n) is 6.59. The maximum Gasteiger partial charge on any atom is 0.222 e. The first-order valence-electron chi connectivity index (χ1n) is 8.66.